The van der Waals surface area contributed by atoms with Crippen molar-refractivity contribution in [2.75, 3.05) is 33.3 Å². The summed E-state index contributed by atoms with van der Waals surface area (Å²) in [4.78, 5) is 33.3. The number of nitrogens with zero attached hydrogens (tertiary/aromatic N) is 3. The van der Waals surface area contributed by atoms with Crippen molar-refractivity contribution in [1.29, 1.82) is 0 Å². The van der Waals surface area contributed by atoms with Crippen LogP contribution in [0.1, 0.15) is 52.4 Å². The summed E-state index contributed by atoms with van der Waals surface area (Å²) >= 11 is 0. The number of aromatic nitrogens is 2. The van der Waals surface area contributed by atoms with Crippen LogP contribution in [0.5, 0.6) is 5.75 Å². The molecule has 1 aromatic heterocycles. The summed E-state index contributed by atoms with van der Waals surface area (Å²) in [6.07, 6.45) is 2.85. The van der Waals surface area contributed by atoms with E-state index in [4.69, 9.17) is 4.74 Å². The van der Waals surface area contributed by atoms with E-state index in [-0.39, 0.29) is 29.9 Å². The second-order valence-corrected chi connectivity index (χ2v) is 11.8. The maximum atomic E-state index is 13.1. The molecule has 7 nitrogen and oxygen atoms in total. The van der Waals surface area contributed by atoms with Gasteiger partial charge in [0.25, 0.3) is 0 Å². The van der Waals surface area contributed by atoms with Gasteiger partial charge in [0.05, 0.1) is 17.6 Å². The van der Waals surface area contributed by atoms with Gasteiger partial charge >= 0.3 is 5.69 Å². The molecule has 0 amide bonds. The van der Waals surface area contributed by atoms with Crippen molar-refractivity contribution < 1.29 is 9.53 Å². The number of fused-ring (bicyclic) bond motifs is 1. The lowest BCUT2D eigenvalue weighted by Gasteiger charge is -2.32. The van der Waals surface area contributed by atoms with Crippen LogP contribution in [0.15, 0.2) is 108 Å². The van der Waals surface area contributed by atoms with Crippen molar-refractivity contribution in [1.82, 2.24) is 19.4 Å². The van der Waals surface area contributed by atoms with Gasteiger partial charge in [-0.25, -0.2) is 4.79 Å². The number of imidazole rings is 1. The molecule has 0 unspecified atom stereocenters. The molecule has 0 radical (unpaired) electrons. The number of para-hydroxylation sites is 2. The summed E-state index contributed by atoms with van der Waals surface area (Å²) in [5.74, 6) is 0.787. The van der Waals surface area contributed by atoms with Crippen molar-refractivity contribution in [3.05, 3.63) is 136 Å². The summed E-state index contributed by atoms with van der Waals surface area (Å²) in [5, 5.41) is 0. The lowest BCUT2D eigenvalue weighted by Crippen LogP contribution is -2.37. The maximum absolute atomic E-state index is 13.1. The molecule has 1 fully saturated rings. The predicted octanol–water partition coefficient (Wildman–Crippen LogP) is 6.72. The van der Waals surface area contributed by atoms with E-state index in [1.165, 1.54) is 11.1 Å². The maximum Gasteiger partial charge on any atom is 0.326 e. The molecule has 6 rings (SSSR count). The molecule has 1 aliphatic rings. The number of piperidine rings is 1. The summed E-state index contributed by atoms with van der Waals surface area (Å²) in [6, 6.07) is 33.9. The Morgan fingerprint density at radius 1 is 0.822 bits per heavy atom. The Morgan fingerprint density at radius 2 is 1.42 bits per heavy atom. The van der Waals surface area contributed by atoms with E-state index in [0.717, 1.165) is 68.8 Å². The largest absolute Gasteiger partial charge is 0.494 e. The fraction of sp³-hybridized carbons (Fsp3) is 0.297. The van der Waals surface area contributed by atoms with E-state index in [1.54, 1.807) is 0 Å². The molecule has 0 bridgehead atoms. The highest BCUT2D eigenvalue weighted by Crippen LogP contribution is 2.25. The number of ether oxygens (including phenoxy) is 1. The number of H-pyrrole nitrogens is 1. The van der Waals surface area contributed by atoms with Crippen molar-refractivity contribution in [3.8, 4) is 5.75 Å². The molecular weight excluding hydrogens is 584 g/mol. The van der Waals surface area contributed by atoms with Gasteiger partial charge in [0.2, 0.25) is 0 Å². The third-order valence-corrected chi connectivity index (χ3v) is 8.51. The second-order valence-electron chi connectivity index (χ2n) is 11.8. The minimum absolute atomic E-state index is 0. The van der Waals surface area contributed by atoms with Crippen LogP contribution in [0.2, 0.25) is 0 Å². The van der Waals surface area contributed by atoms with Gasteiger partial charge in [-0.05, 0) is 73.8 Å². The standard InChI is InChI=1S/C37H40N4O3.ClH/c1-39(26-28-8-3-2-4-9-28)27-29-12-14-30(15-13-29)36(42)31-16-18-33(19-17-31)44-25-7-22-40-23-20-32(21-24-40)41-35-11-6-5-10-34(35)38-37(41)43;/h2-6,8-19,32H,7,20-27H2,1H3,(H,38,43);1H. The smallest absolute Gasteiger partial charge is 0.326 e. The molecule has 0 spiro atoms. The zero-order valence-corrected chi connectivity index (χ0v) is 26.5. The molecule has 0 saturated carbocycles. The molecule has 1 saturated heterocycles. The number of hydrogen-bond donors (Lipinski definition) is 1. The average Bonchev–Trinajstić information content (AvgIpc) is 3.40. The number of halogens is 1. The number of likely N-dealkylation sites (tertiary alicyclic amines) is 1. The van der Waals surface area contributed by atoms with Gasteiger partial charge in [-0.3, -0.25) is 14.3 Å². The highest BCUT2D eigenvalue weighted by Gasteiger charge is 2.23. The zero-order valence-electron chi connectivity index (χ0n) is 25.7. The normalized spacial score (nSPS) is 14.0. The predicted molar refractivity (Wildman–Crippen MR) is 183 cm³/mol. The molecule has 5 aromatic rings. The number of carbonyl (C=O) groups is 1. The third kappa shape index (κ3) is 8.11. The van der Waals surface area contributed by atoms with Crippen molar-refractivity contribution in [2.24, 2.45) is 0 Å². The SMILES string of the molecule is CN(Cc1ccccc1)Cc1ccc(C(=O)c2ccc(OCCCN3CCC(n4c(=O)[nH]c5ccccc54)CC3)cc2)cc1.Cl. The zero-order chi connectivity index (χ0) is 30.3. The molecule has 0 atom stereocenters. The van der Waals surface area contributed by atoms with Gasteiger partial charge in [0, 0.05) is 49.9 Å². The van der Waals surface area contributed by atoms with E-state index >= 15 is 0 Å². The molecule has 1 aliphatic heterocycles. The highest BCUT2D eigenvalue weighted by molar-refractivity contribution is 6.09. The van der Waals surface area contributed by atoms with Crippen molar-refractivity contribution >= 4 is 29.2 Å². The van der Waals surface area contributed by atoms with Crippen LogP contribution in [0.3, 0.4) is 0 Å². The van der Waals surface area contributed by atoms with Gasteiger partial charge in [0.1, 0.15) is 5.75 Å². The van der Waals surface area contributed by atoms with Crippen molar-refractivity contribution in [3.63, 3.8) is 0 Å². The fourth-order valence-corrected chi connectivity index (χ4v) is 6.21. The van der Waals surface area contributed by atoms with Gasteiger partial charge in [0.15, 0.2) is 5.78 Å². The number of ketones is 1. The minimum Gasteiger partial charge on any atom is -0.494 e. The molecule has 2 heterocycles. The van der Waals surface area contributed by atoms with Gasteiger partial charge in [-0.2, -0.15) is 0 Å². The quantitative estimate of drug-likeness (QED) is 0.123. The molecule has 45 heavy (non-hydrogen) atoms. The van der Waals surface area contributed by atoms with Gasteiger partial charge < -0.3 is 14.6 Å². The van der Waals surface area contributed by atoms with Crippen LogP contribution in [0, 0.1) is 0 Å². The summed E-state index contributed by atoms with van der Waals surface area (Å²) in [7, 11) is 2.11. The Balaban J connectivity index is 0.00000400. The lowest BCUT2D eigenvalue weighted by atomic mass is 10.0. The molecule has 8 heteroatoms. The summed E-state index contributed by atoms with van der Waals surface area (Å²) < 4.78 is 7.92. The van der Waals surface area contributed by atoms with E-state index in [9.17, 15) is 9.59 Å². The third-order valence-electron chi connectivity index (χ3n) is 8.51. The number of aromatic amines is 1. The monoisotopic (exact) mass is 624 g/mol. The van der Waals surface area contributed by atoms with Crippen LogP contribution < -0.4 is 10.4 Å². The first kappa shape index (κ1) is 32.2. The molecule has 4 aromatic carbocycles. The van der Waals surface area contributed by atoms with Crippen molar-refractivity contribution in [2.45, 2.75) is 38.4 Å². The number of rotatable bonds is 12. The molecule has 0 aliphatic carbocycles. The Labute approximate surface area is 270 Å². The molecule has 234 valence electrons. The first-order chi connectivity index (χ1) is 21.5. The first-order valence-corrected chi connectivity index (χ1v) is 15.5. The number of benzene rings is 4. The second kappa shape index (κ2) is 15.2. The van der Waals surface area contributed by atoms with Crippen LogP contribution in [-0.4, -0.2) is 58.4 Å². The first-order valence-electron chi connectivity index (χ1n) is 15.5. The Hall–Kier alpha value is -4.17. The minimum atomic E-state index is -0.0122. The number of carbonyl (C=O) groups excluding carboxylic acids is 1. The topological polar surface area (TPSA) is 70.6 Å². The fourth-order valence-electron chi connectivity index (χ4n) is 6.21. The average molecular weight is 625 g/mol. The Bertz CT molecular complexity index is 1720. The van der Waals surface area contributed by atoms with Gasteiger partial charge in [-0.15, -0.1) is 12.4 Å². The van der Waals surface area contributed by atoms with E-state index in [1.807, 2.05) is 83.4 Å². The van der Waals surface area contributed by atoms with E-state index in [2.05, 4.69) is 46.1 Å². The van der Waals surface area contributed by atoms with E-state index in [0.29, 0.717) is 17.7 Å². The van der Waals surface area contributed by atoms with Crippen LogP contribution in [0.25, 0.3) is 11.0 Å². The highest BCUT2D eigenvalue weighted by atomic mass is 35.5. The van der Waals surface area contributed by atoms with Crippen LogP contribution in [-0.2, 0) is 13.1 Å². The number of nitrogens with one attached hydrogen (secondary N) is 1. The van der Waals surface area contributed by atoms with E-state index < -0.39 is 0 Å². The van der Waals surface area contributed by atoms with Crippen LogP contribution >= 0.6 is 12.4 Å². The summed E-state index contributed by atoms with van der Waals surface area (Å²) in [6.45, 7) is 5.22. The Kier molecular flexibility index (Phi) is 10.9. The number of hydrogen-bond acceptors (Lipinski definition) is 5. The lowest BCUT2D eigenvalue weighted by molar-refractivity contribution is 0.103. The van der Waals surface area contributed by atoms with Gasteiger partial charge in [-0.1, -0.05) is 66.7 Å². The molecular formula is C37H41ClN4O3. The van der Waals surface area contributed by atoms with Crippen LogP contribution in [0.4, 0.5) is 0 Å². The molecule has 1 N–H and O–H groups in total. The Morgan fingerprint density at radius 3 is 2.11 bits per heavy atom. The summed E-state index contributed by atoms with van der Waals surface area (Å²) in [5.41, 5.74) is 5.69.